The number of nitrogens with one attached hydrogen (secondary N) is 3. The quantitative estimate of drug-likeness (QED) is 0.503. The fourth-order valence-electron chi connectivity index (χ4n) is 5.52. The van der Waals surface area contributed by atoms with E-state index in [1.165, 1.54) is 0 Å². The molecule has 1 heterocycles. The van der Waals surface area contributed by atoms with Crippen molar-refractivity contribution in [1.29, 1.82) is 0 Å². The van der Waals surface area contributed by atoms with E-state index in [4.69, 9.17) is 4.74 Å². The van der Waals surface area contributed by atoms with Gasteiger partial charge in [0, 0.05) is 18.5 Å². The number of benzene rings is 2. The van der Waals surface area contributed by atoms with Gasteiger partial charge in [-0.1, -0.05) is 55.0 Å². The Bertz CT molecular complexity index is 1140. The van der Waals surface area contributed by atoms with Crippen molar-refractivity contribution >= 4 is 23.9 Å². The minimum absolute atomic E-state index is 0.0226. The van der Waals surface area contributed by atoms with Gasteiger partial charge in [-0.2, -0.15) is 0 Å². The second-order valence-electron chi connectivity index (χ2n) is 9.29. The molecule has 2 fully saturated rings. The molecule has 182 valence electrons. The molecule has 9 nitrogen and oxygen atoms in total. The van der Waals surface area contributed by atoms with E-state index in [1.807, 2.05) is 36.4 Å². The van der Waals surface area contributed by atoms with Gasteiger partial charge in [0.05, 0.1) is 5.92 Å². The first-order valence-corrected chi connectivity index (χ1v) is 11.9. The molecule has 2 aromatic rings. The van der Waals surface area contributed by atoms with Crippen LogP contribution in [-0.4, -0.2) is 54.2 Å². The van der Waals surface area contributed by atoms with E-state index in [0.717, 1.165) is 28.7 Å². The van der Waals surface area contributed by atoms with Crippen molar-refractivity contribution in [3.63, 3.8) is 0 Å². The van der Waals surface area contributed by atoms with Crippen LogP contribution in [0.2, 0.25) is 0 Å². The largest absolute Gasteiger partial charge is 0.481 e. The molecule has 0 radical (unpaired) electrons. The maximum absolute atomic E-state index is 12.9. The Kier molecular flexibility index (Phi) is 6.15. The standard InChI is InChI=1S/C26H27N3O6/c30-23(29-22-19(25(32)33)12-27-24(22)31)18-10-5-11-21(18)28-26(34)35-13-20-16-8-3-1-6-14(16)15-7-2-4-9-17(15)20/h1-4,6-9,18-22H,5,10-13H2,(H,27,31)(H,28,34)(H,29,30)(H,32,33). The monoisotopic (exact) mass is 477 g/mol. The summed E-state index contributed by atoms with van der Waals surface area (Å²) in [6.07, 6.45) is 1.26. The summed E-state index contributed by atoms with van der Waals surface area (Å²) in [6.45, 7) is 0.150. The van der Waals surface area contributed by atoms with Gasteiger partial charge in [-0.05, 0) is 35.1 Å². The van der Waals surface area contributed by atoms with Crippen LogP contribution in [0.5, 0.6) is 0 Å². The second-order valence-corrected chi connectivity index (χ2v) is 9.29. The van der Waals surface area contributed by atoms with Crippen molar-refractivity contribution in [1.82, 2.24) is 16.0 Å². The van der Waals surface area contributed by atoms with Gasteiger partial charge in [-0.15, -0.1) is 0 Å². The molecule has 5 rings (SSSR count). The number of rotatable bonds is 6. The summed E-state index contributed by atoms with van der Waals surface area (Å²) < 4.78 is 5.61. The van der Waals surface area contributed by atoms with Gasteiger partial charge in [0.1, 0.15) is 18.6 Å². The second kappa shape index (κ2) is 9.40. The Labute approximate surface area is 202 Å². The van der Waals surface area contributed by atoms with Crippen LogP contribution in [0, 0.1) is 11.8 Å². The fraction of sp³-hybridized carbons (Fsp3) is 0.385. The number of alkyl carbamates (subject to hydrolysis) is 1. The number of carbonyl (C=O) groups is 4. The molecule has 3 aliphatic rings. The smallest absolute Gasteiger partial charge is 0.407 e. The molecule has 1 aliphatic heterocycles. The summed E-state index contributed by atoms with van der Waals surface area (Å²) in [5.74, 6) is -3.72. The van der Waals surface area contributed by atoms with Crippen molar-refractivity contribution in [3.05, 3.63) is 59.7 Å². The van der Waals surface area contributed by atoms with Crippen LogP contribution >= 0.6 is 0 Å². The average molecular weight is 478 g/mol. The number of hydrogen-bond donors (Lipinski definition) is 4. The van der Waals surface area contributed by atoms with Crippen molar-refractivity contribution in [2.24, 2.45) is 11.8 Å². The normalized spacial score (nSPS) is 24.9. The molecule has 0 spiro atoms. The van der Waals surface area contributed by atoms with Gasteiger partial charge in [-0.3, -0.25) is 14.4 Å². The van der Waals surface area contributed by atoms with Gasteiger partial charge in [-0.25, -0.2) is 4.79 Å². The first kappa shape index (κ1) is 22.9. The van der Waals surface area contributed by atoms with Crippen molar-refractivity contribution < 1.29 is 29.0 Å². The summed E-state index contributed by atoms with van der Waals surface area (Å²) in [4.78, 5) is 48.9. The minimum atomic E-state index is -1.15. The maximum atomic E-state index is 12.9. The van der Waals surface area contributed by atoms with Crippen LogP contribution in [0.25, 0.3) is 11.1 Å². The summed E-state index contributed by atoms with van der Waals surface area (Å²) >= 11 is 0. The molecular weight excluding hydrogens is 450 g/mol. The van der Waals surface area contributed by atoms with Crippen LogP contribution in [0.1, 0.15) is 36.3 Å². The highest BCUT2D eigenvalue weighted by molar-refractivity contribution is 5.95. The molecule has 4 unspecified atom stereocenters. The summed E-state index contributed by atoms with van der Waals surface area (Å²) in [6, 6.07) is 14.6. The first-order valence-electron chi connectivity index (χ1n) is 11.9. The maximum Gasteiger partial charge on any atom is 0.407 e. The van der Waals surface area contributed by atoms with Crippen LogP contribution in [0.4, 0.5) is 4.79 Å². The molecule has 0 bridgehead atoms. The van der Waals surface area contributed by atoms with Gasteiger partial charge in [0.2, 0.25) is 11.8 Å². The Morgan fingerprint density at radius 2 is 1.60 bits per heavy atom. The van der Waals surface area contributed by atoms with E-state index >= 15 is 0 Å². The van der Waals surface area contributed by atoms with E-state index in [9.17, 15) is 24.3 Å². The van der Waals surface area contributed by atoms with Crippen LogP contribution in [0.15, 0.2) is 48.5 Å². The number of hydrogen-bond acceptors (Lipinski definition) is 5. The van der Waals surface area contributed by atoms with Gasteiger partial charge < -0.3 is 25.8 Å². The number of carboxylic acids is 1. The van der Waals surface area contributed by atoms with E-state index in [1.54, 1.807) is 0 Å². The molecule has 3 amide bonds. The van der Waals surface area contributed by atoms with Gasteiger partial charge >= 0.3 is 12.1 Å². The molecule has 4 atom stereocenters. The van der Waals surface area contributed by atoms with Gasteiger partial charge in [0.15, 0.2) is 0 Å². The van der Waals surface area contributed by atoms with E-state index in [2.05, 4.69) is 28.1 Å². The van der Waals surface area contributed by atoms with Crippen molar-refractivity contribution in [3.8, 4) is 11.1 Å². The topological polar surface area (TPSA) is 134 Å². The lowest BCUT2D eigenvalue weighted by atomic mass is 9.98. The molecule has 35 heavy (non-hydrogen) atoms. The van der Waals surface area contributed by atoms with Crippen LogP contribution in [0.3, 0.4) is 0 Å². The SMILES string of the molecule is O=C(NC1CCCC1C(=O)NC1C(=O)NCC1C(=O)O)OCC1c2ccccc2-c2ccccc21. The number of carbonyl (C=O) groups excluding carboxylic acids is 3. The highest BCUT2D eigenvalue weighted by Crippen LogP contribution is 2.44. The molecule has 1 saturated carbocycles. The lowest BCUT2D eigenvalue weighted by molar-refractivity contribution is -0.143. The van der Waals surface area contributed by atoms with Crippen LogP contribution in [-0.2, 0) is 19.1 Å². The third-order valence-corrected chi connectivity index (χ3v) is 7.30. The molecular formula is C26H27N3O6. The molecule has 0 aromatic heterocycles. The Morgan fingerprint density at radius 3 is 2.26 bits per heavy atom. The fourth-order valence-corrected chi connectivity index (χ4v) is 5.52. The third kappa shape index (κ3) is 4.34. The highest BCUT2D eigenvalue weighted by Gasteiger charge is 2.43. The molecule has 4 N–H and O–H groups in total. The summed E-state index contributed by atoms with van der Waals surface area (Å²) in [5.41, 5.74) is 4.50. The number of aliphatic carboxylic acids is 1. The number of ether oxygens (including phenoxy) is 1. The number of amides is 3. The zero-order chi connectivity index (χ0) is 24.5. The van der Waals surface area contributed by atoms with Crippen molar-refractivity contribution in [2.75, 3.05) is 13.2 Å². The zero-order valence-corrected chi connectivity index (χ0v) is 19.0. The van der Waals surface area contributed by atoms with Gasteiger partial charge in [0.25, 0.3) is 0 Å². The molecule has 2 aliphatic carbocycles. The molecule has 2 aromatic carbocycles. The lowest BCUT2D eigenvalue weighted by Gasteiger charge is -2.23. The minimum Gasteiger partial charge on any atom is -0.481 e. The average Bonchev–Trinajstić information content (AvgIpc) is 3.54. The predicted molar refractivity (Wildman–Crippen MR) is 125 cm³/mol. The van der Waals surface area contributed by atoms with E-state index in [-0.39, 0.29) is 19.1 Å². The molecule has 9 heteroatoms. The van der Waals surface area contributed by atoms with E-state index < -0.39 is 47.8 Å². The Morgan fingerprint density at radius 1 is 0.943 bits per heavy atom. The Balaban J connectivity index is 1.20. The predicted octanol–water partition coefficient (Wildman–Crippen LogP) is 2.01. The summed E-state index contributed by atoms with van der Waals surface area (Å²) in [5, 5.41) is 17.2. The highest BCUT2D eigenvalue weighted by atomic mass is 16.5. The molecule has 1 saturated heterocycles. The number of carboxylic acid groups (broad SMARTS) is 1. The van der Waals surface area contributed by atoms with E-state index in [0.29, 0.717) is 12.8 Å². The Hall–Kier alpha value is -3.88. The first-order chi connectivity index (χ1) is 16.9. The number of fused-ring (bicyclic) bond motifs is 3. The lowest BCUT2D eigenvalue weighted by Crippen LogP contribution is -2.51. The zero-order valence-electron chi connectivity index (χ0n) is 19.0. The van der Waals surface area contributed by atoms with Crippen LogP contribution < -0.4 is 16.0 Å². The third-order valence-electron chi connectivity index (χ3n) is 7.30. The van der Waals surface area contributed by atoms with Crippen molar-refractivity contribution in [2.45, 2.75) is 37.3 Å². The summed E-state index contributed by atoms with van der Waals surface area (Å²) in [7, 11) is 0.